The number of hydroxylamine groups is 1. The number of aliphatic imine (C=N–C) groups is 1. The molecule has 1 N–H and O–H groups in total. The molecule has 136 valence electrons. The third-order valence-corrected chi connectivity index (χ3v) is 5.04. The summed E-state index contributed by atoms with van der Waals surface area (Å²) >= 11 is 1.32. The Balaban J connectivity index is 1.87. The molecule has 1 aromatic carbocycles. The van der Waals surface area contributed by atoms with Crippen LogP contribution in [-0.4, -0.2) is 28.2 Å². The number of thiazole rings is 1. The molecule has 2 aliphatic rings. The predicted octanol–water partition coefficient (Wildman–Crippen LogP) is 4.66. The maximum Gasteiger partial charge on any atom is 0.418 e. The Morgan fingerprint density at radius 1 is 1.38 bits per heavy atom. The van der Waals surface area contributed by atoms with Crippen LogP contribution in [0, 0.1) is 0 Å². The number of benzene rings is 1. The Morgan fingerprint density at radius 3 is 2.85 bits per heavy atom. The van der Waals surface area contributed by atoms with E-state index >= 15 is 0 Å². The molecular formula is C17H14F3N3O2S. The summed E-state index contributed by atoms with van der Waals surface area (Å²) in [6.45, 7) is 1.84. The van der Waals surface area contributed by atoms with E-state index in [9.17, 15) is 18.4 Å². The molecule has 5 nitrogen and oxygen atoms in total. The third kappa shape index (κ3) is 2.67. The molecule has 2 atom stereocenters. The highest BCUT2D eigenvalue weighted by atomic mass is 32.1. The zero-order chi connectivity index (χ0) is 18.5. The number of hydrogen-bond donors (Lipinski definition) is 1. The molecule has 4 rings (SSSR count). The fourth-order valence-corrected chi connectivity index (χ4v) is 3.76. The van der Waals surface area contributed by atoms with Gasteiger partial charge in [0, 0.05) is 22.7 Å². The number of rotatable bonds is 2. The molecule has 9 heteroatoms. The second kappa shape index (κ2) is 6.10. The SMILES string of the molecule is CCC1OC(=Nc2nccs2)C2=Cc3cccc(C(F)(F)F)c3N(O)C21. The fraction of sp³-hybridized carbons (Fsp3) is 0.294. The average molecular weight is 381 g/mol. The maximum absolute atomic E-state index is 13.4. The number of aromatic nitrogens is 1. The van der Waals surface area contributed by atoms with Crippen molar-refractivity contribution in [1.82, 2.24) is 4.98 Å². The lowest BCUT2D eigenvalue weighted by atomic mass is 9.92. The van der Waals surface area contributed by atoms with Crippen molar-refractivity contribution in [1.29, 1.82) is 0 Å². The Labute approximate surface area is 151 Å². The molecule has 1 aromatic heterocycles. The fourth-order valence-electron chi connectivity index (χ4n) is 3.26. The van der Waals surface area contributed by atoms with Crippen LogP contribution < -0.4 is 5.06 Å². The molecule has 0 spiro atoms. The summed E-state index contributed by atoms with van der Waals surface area (Å²) in [4.78, 5) is 8.43. The van der Waals surface area contributed by atoms with Crippen LogP contribution in [0.1, 0.15) is 24.5 Å². The highest BCUT2D eigenvalue weighted by Crippen LogP contribution is 2.45. The van der Waals surface area contributed by atoms with Gasteiger partial charge in [0.05, 0.1) is 11.3 Å². The largest absolute Gasteiger partial charge is 0.471 e. The number of ether oxygens (including phenoxy) is 1. The predicted molar refractivity (Wildman–Crippen MR) is 91.8 cm³/mol. The monoisotopic (exact) mass is 381 g/mol. The molecule has 1 fully saturated rings. The normalized spacial score (nSPS) is 23.5. The first-order valence-electron chi connectivity index (χ1n) is 7.95. The molecule has 2 unspecified atom stereocenters. The Bertz CT molecular complexity index is 893. The summed E-state index contributed by atoms with van der Waals surface area (Å²) in [5.41, 5.74) is -0.332. The number of anilines is 1. The van der Waals surface area contributed by atoms with Gasteiger partial charge in [-0.1, -0.05) is 19.1 Å². The smallest absolute Gasteiger partial charge is 0.418 e. The number of nitrogens with zero attached hydrogens (tertiary/aromatic N) is 3. The minimum absolute atomic E-state index is 0.258. The van der Waals surface area contributed by atoms with E-state index in [1.54, 1.807) is 17.7 Å². The molecular weight excluding hydrogens is 367 g/mol. The lowest BCUT2D eigenvalue weighted by Gasteiger charge is -2.33. The van der Waals surface area contributed by atoms with Gasteiger partial charge in [-0.3, -0.25) is 5.21 Å². The van der Waals surface area contributed by atoms with Crippen molar-refractivity contribution < 1.29 is 23.1 Å². The van der Waals surface area contributed by atoms with E-state index < -0.39 is 23.9 Å². The number of alkyl halides is 3. The third-order valence-electron chi connectivity index (χ3n) is 4.38. The minimum atomic E-state index is -4.57. The highest BCUT2D eigenvalue weighted by molar-refractivity contribution is 7.13. The van der Waals surface area contributed by atoms with Gasteiger partial charge in [-0.2, -0.15) is 18.2 Å². The zero-order valence-corrected chi connectivity index (χ0v) is 14.4. The Kier molecular flexibility index (Phi) is 4.00. The van der Waals surface area contributed by atoms with Gasteiger partial charge in [0.15, 0.2) is 0 Å². The molecule has 3 heterocycles. The van der Waals surface area contributed by atoms with Crippen molar-refractivity contribution in [2.75, 3.05) is 5.06 Å². The average Bonchev–Trinajstić information content (AvgIpc) is 3.22. The zero-order valence-electron chi connectivity index (χ0n) is 13.6. The van der Waals surface area contributed by atoms with Gasteiger partial charge < -0.3 is 4.74 Å². The topological polar surface area (TPSA) is 58.0 Å². The molecule has 0 amide bonds. The van der Waals surface area contributed by atoms with Crippen molar-refractivity contribution in [3.63, 3.8) is 0 Å². The van der Waals surface area contributed by atoms with E-state index in [0.717, 1.165) is 6.07 Å². The van der Waals surface area contributed by atoms with E-state index in [2.05, 4.69) is 9.98 Å². The number of fused-ring (bicyclic) bond motifs is 2. The van der Waals surface area contributed by atoms with Crippen molar-refractivity contribution in [2.45, 2.75) is 31.7 Å². The minimum Gasteiger partial charge on any atom is -0.471 e. The van der Waals surface area contributed by atoms with Crippen LogP contribution in [0.4, 0.5) is 24.0 Å². The van der Waals surface area contributed by atoms with Crippen LogP contribution in [0.3, 0.4) is 0 Å². The first-order chi connectivity index (χ1) is 12.4. The summed E-state index contributed by atoms with van der Waals surface area (Å²) in [5.74, 6) is 0.277. The molecule has 2 aliphatic heterocycles. The van der Waals surface area contributed by atoms with Crippen LogP contribution in [-0.2, 0) is 10.9 Å². The van der Waals surface area contributed by atoms with Crippen molar-refractivity contribution >= 4 is 34.1 Å². The number of hydrogen-bond acceptors (Lipinski definition) is 6. The molecule has 0 aliphatic carbocycles. The van der Waals surface area contributed by atoms with Gasteiger partial charge in [0.25, 0.3) is 0 Å². The molecule has 1 saturated heterocycles. The molecule has 0 saturated carbocycles. The second-order valence-corrected chi connectivity index (χ2v) is 6.80. The second-order valence-electron chi connectivity index (χ2n) is 5.93. The lowest BCUT2D eigenvalue weighted by Crippen LogP contribution is -2.42. The quantitative estimate of drug-likeness (QED) is 0.822. The van der Waals surface area contributed by atoms with Gasteiger partial charge in [-0.25, -0.2) is 10.0 Å². The van der Waals surface area contributed by atoms with E-state index in [4.69, 9.17) is 4.74 Å². The van der Waals surface area contributed by atoms with Crippen LogP contribution >= 0.6 is 11.3 Å². The van der Waals surface area contributed by atoms with Crippen molar-refractivity contribution in [2.24, 2.45) is 4.99 Å². The van der Waals surface area contributed by atoms with Gasteiger partial charge >= 0.3 is 6.18 Å². The van der Waals surface area contributed by atoms with Crippen LogP contribution in [0.25, 0.3) is 6.08 Å². The van der Waals surface area contributed by atoms with Crippen LogP contribution in [0.5, 0.6) is 0 Å². The summed E-state index contributed by atoms with van der Waals surface area (Å²) in [6, 6.07) is 3.05. The van der Waals surface area contributed by atoms with Gasteiger partial charge in [0.1, 0.15) is 12.1 Å². The van der Waals surface area contributed by atoms with E-state index in [0.29, 0.717) is 22.2 Å². The van der Waals surface area contributed by atoms with E-state index in [1.807, 2.05) is 6.92 Å². The summed E-state index contributed by atoms with van der Waals surface area (Å²) in [6.07, 6.45) is -1.38. The maximum atomic E-state index is 13.4. The summed E-state index contributed by atoms with van der Waals surface area (Å²) in [7, 11) is 0. The van der Waals surface area contributed by atoms with E-state index in [1.165, 1.54) is 23.5 Å². The molecule has 26 heavy (non-hydrogen) atoms. The van der Waals surface area contributed by atoms with E-state index in [-0.39, 0.29) is 17.1 Å². The lowest BCUT2D eigenvalue weighted by molar-refractivity contribution is -0.137. The molecule has 2 aromatic rings. The number of para-hydroxylation sites is 1. The standard InChI is InChI=1S/C17H14F3N3O2S/c1-2-12-14-10(15(25-12)22-16-21-6-7-26-16)8-9-4-3-5-11(17(18,19)20)13(9)23(14)24/h3-8,12,14,24H,2H2,1H3. The van der Waals surface area contributed by atoms with Gasteiger partial charge in [0.2, 0.25) is 11.0 Å². The van der Waals surface area contributed by atoms with Crippen molar-refractivity contribution in [3.8, 4) is 0 Å². The summed E-state index contributed by atoms with van der Waals surface area (Å²) < 4.78 is 46.0. The molecule has 0 bridgehead atoms. The first kappa shape index (κ1) is 17.0. The molecule has 0 radical (unpaired) electrons. The highest BCUT2D eigenvalue weighted by Gasteiger charge is 2.47. The van der Waals surface area contributed by atoms with Gasteiger partial charge in [-0.15, -0.1) is 11.3 Å². The van der Waals surface area contributed by atoms with Gasteiger partial charge in [-0.05, 0) is 18.6 Å². The Morgan fingerprint density at radius 2 is 2.19 bits per heavy atom. The first-order valence-corrected chi connectivity index (χ1v) is 8.83. The summed E-state index contributed by atoms with van der Waals surface area (Å²) in [5, 5.41) is 13.6. The number of halogens is 3. The van der Waals surface area contributed by atoms with Crippen molar-refractivity contribution in [3.05, 3.63) is 46.5 Å². The van der Waals surface area contributed by atoms with Crippen LogP contribution in [0.2, 0.25) is 0 Å². The Hall–Kier alpha value is -2.39. The van der Waals surface area contributed by atoms with Crippen LogP contribution in [0.15, 0.2) is 40.3 Å².